The lowest BCUT2D eigenvalue weighted by atomic mass is 9.59. The van der Waals surface area contributed by atoms with E-state index in [1.807, 2.05) is 19.2 Å². The summed E-state index contributed by atoms with van der Waals surface area (Å²) in [7, 11) is 3.42. The van der Waals surface area contributed by atoms with Gasteiger partial charge < -0.3 is 46.4 Å². The SMILES string of the molecule is CNCNC(O)(CCC(=O)NC(CSC1C2=C3C(CC(Cc4ccncc4)=C(CNC)C3C(=O)O2)CC2CCC(CC2)C12CCCC2)C(=O)NC(O)C(=O)O)C(=O)O. The molecule has 6 unspecified atom stereocenters. The summed E-state index contributed by atoms with van der Waals surface area (Å²) in [5.74, 6) is -4.31. The summed E-state index contributed by atoms with van der Waals surface area (Å²) in [5.41, 5.74) is 1.70. The van der Waals surface area contributed by atoms with Gasteiger partial charge in [-0.15, -0.1) is 11.8 Å². The van der Waals surface area contributed by atoms with E-state index in [4.69, 9.17) is 4.74 Å². The third-order valence-electron chi connectivity index (χ3n) is 13.1. The van der Waals surface area contributed by atoms with Crippen LogP contribution in [-0.4, -0.2) is 111 Å². The van der Waals surface area contributed by atoms with E-state index in [0.717, 1.165) is 80.9 Å². The molecule has 2 amide bonds. The predicted molar refractivity (Wildman–Crippen MR) is 213 cm³/mol. The molecule has 318 valence electrons. The van der Waals surface area contributed by atoms with Crippen LogP contribution in [0.5, 0.6) is 0 Å². The number of carboxylic acid groups (broad SMARTS) is 2. The number of fused-ring (bicyclic) bond motifs is 2. The highest BCUT2D eigenvalue weighted by atomic mass is 32.2. The van der Waals surface area contributed by atoms with Crippen LogP contribution in [0.2, 0.25) is 0 Å². The zero-order valence-corrected chi connectivity index (χ0v) is 34.1. The average Bonchev–Trinajstić information content (AvgIpc) is 3.83. The highest BCUT2D eigenvalue weighted by Gasteiger charge is 2.56. The number of pyridine rings is 1. The van der Waals surface area contributed by atoms with Crippen LogP contribution in [0.25, 0.3) is 0 Å². The van der Waals surface area contributed by atoms with Gasteiger partial charge >= 0.3 is 17.9 Å². The lowest BCUT2D eigenvalue weighted by Crippen LogP contribution is -2.56. The summed E-state index contributed by atoms with van der Waals surface area (Å²) in [6.07, 6.45) is 10.8. The number of aromatic nitrogens is 1. The van der Waals surface area contributed by atoms with Gasteiger partial charge in [0.15, 0.2) is 0 Å². The van der Waals surface area contributed by atoms with Crippen molar-refractivity contribution in [2.24, 2.45) is 29.1 Å². The van der Waals surface area contributed by atoms with Crippen LogP contribution < -0.4 is 26.6 Å². The van der Waals surface area contributed by atoms with Crippen LogP contribution in [0, 0.1) is 29.1 Å². The molecule has 2 saturated carbocycles. The number of nitrogens with zero attached hydrogens (tertiary/aromatic N) is 1. The Labute approximate surface area is 342 Å². The standard InChI is InChI=1S/C41H58N6O10S/c1-42-20-28-25(17-24-10-15-44-16-11-24)19-26-18-23-5-7-27(8-6-23)40(12-3-4-13-40)34(33-31(26)32(28)38(53)57-33)58-21-29(35(49)47-36(50)37(51)52)46-30(48)9-14-41(56,39(54)55)45-22-43-2/h10-11,15-16,23,26-27,29,32,34,36,42-43,45,50,56H,3-9,12-14,17-22H2,1-2H3,(H,46,48)(H,47,49)(H,51,52)(H,54,55). The minimum absolute atomic E-state index is 0.0631. The number of nitrogens with one attached hydrogen (secondary N) is 5. The van der Waals surface area contributed by atoms with E-state index in [9.17, 15) is 44.4 Å². The summed E-state index contributed by atoms with van der Waals surface area (Å²) < 4.78 is 6.54. The Hall–Kier alpha value is -3.87. The van der Waals surface area contributed by atoms with Crippen molar-refractivity contribution in [1.82, 2.24) is 31.6 Å². The molecule has 2 bridgehead atoms. The monoisotopic (exact) mass is 826 g/mol. The zero-order chi connectivity index (χ0) is 41.6. The number of amides is 2. The molecule has 0 aromatic carbocycles. The van der Waals surface area contributed by atoms with Gasteiger partial charge in [0, 0.05) is 44.2 Å². The summed E-state index contributed by atoms with van der Waals surface area (Å²) in [4.78, 5) is 69.1. The molecule has 58 heavy (non-hydrogen) atoms. The number of esters is 1. The summed E-state index contributed by atoms with van der Waals surface area (Å²) in [6.45, 7) is 0.451. The maximum absolute atomic E-state index is 14.4. The summed E-state index contributed by atoms with van der Waals surface area (Å²) >= 11 is 1.41. The Morgan fingerprint density at radius 2 is 1.74 bits per heavy atom. The first-order valence-electron chi connectivity index (χ1n) is 20.5. The van der Waals surface area contributed by atoms with Gasteiger partial charge in [0.1, 0.15) is 17.7 Å². The number of aliphatic hydroxyl groups excluding tert-OH is 1. The van der Waals surface area contributed by atoms with Crippen LogP contribution in [0.1, 0.15) is 82.6 Å². The molecule has 7 rings (SSSR count). The Kier molecular flexibility index (Phi) is 14.3. The van der Waals surface area contributed by atoms with Crippen molar-refractivity contribution in [3.05, 3.63) is 52.6 Å². The van der Waals surface area contributed by atoms with E-state index in [0.29, 0.717) is 30.6 Å². The summed E-state index contributed by atoms with van der Waals surface area (Å²) in [5, 5.41) is 52.6. The summed E-state index contributed by atoms with van der Waals surface area (Å²) in [6, 6.07) is 2.64. The number of hydrogen-bond donors (Lipinski definition) is 9. The number of aliphatic carboxylic acids is 2. The first-order chi connectivity index (χ1) is 27.8. The highest BCUT2D eigenvalue weighted by Crippen LogP contribution is 2.62. The maximum Gasteiger partial charge on any atom is 0.353 e. The lowest BCUT2D eigenvalue weighted by Gasteiger charge is -2.49. The highest BCUT2D eigenvalue weighted by molar-refractivity contribution is 8.00. The number of carbonyl (C=O) groups excluding carboxylic acids is 3. The molecule has 1 aromatic heterocycles. The number of hydrogen-bond acceptors (Lipinski definition) is 13. The Morgan fingerprint density at radius 1 is 1.03 bits per heavy atom. The molecule has 2 fully saturated rings. The molecule has 1 spiro atoms. The van der Waals surface area contributed by atoms with Gasteiger partial charge in [-0.25, -0.2) is 9.59 Å². The molecule has 0 saturated heterocycles. The number of likely N-dealkylation sites (N-methyl/N-ethyl adjacent to an activating group) is 1. The largest absolute Gasteiger partial charge is 0.478 e. The first-order valence-corrected chi connectivity index (χ1v) is 21.5. The van der Waals surface area contributed by atoms with Crippen molar-refractivity contribution in [3.8, 4) is 0 Å². The molecule has 17 heteroatoms. The van der Waals surface area contributed by atoms with Crippen molar-refractivity contribution in [1.29, 1.82) is 0 Å². The second-order valence-corrected chi connectivity index (χ2v) is 17.8. The number of ether oxygens (including phenoxy) is 1. The van der Waals surface area contributed by atoms with Crippen molar-refractivity contribution in [3.63, 3.8) is 0 Å². The molecular weight excluding hydrogens is 769 g/mol. The number of rotatable bonds is 18. The zero-order valence-electron chi connectivity index (χ0n) is 33.3. The Bertz CT molecular complexity index is 1760. The third kappa shape index (κ3) is 9.44. The van der Waals surface area contributed by atoms with Gasteiger partial charge in [-0.2, -0.15) is 0 Å². The van der Waals surface area contributed by atoms with Gasteiger partial charge in [0.05, 0.1) is 5.25 Å². The number of allylic oxidation sites excluding steroid dienone is 1. The fourth-order valence-corrected chi connectivity index (χ4v) is 12.0. The maximum atomic E-state index is 14.4. The predicted octanol–water partition coefficient (Wildman–Crippen LogP) is 1.78. The van der Waals surface area contributed by atoms with E-state index in [1.54, 1.807) is 19.4 Å². The van der Waals surface area contributed by atoms with Crippen LogP contribution in [0.4, 0.5) is 0 Å². The molecule has 1 aromatic rings. The second kappa shape index (κ2) is 19.0. The molecule has 16 nitrogen and oxygen atoms in total. The normalized spacial score (nSPS) is 27.0. The third-order valence-corrected chi connectivity index (χ3v) is 14.6. The molecular formula is C41H58N6O10S. The molecule has 2 heterocycles. The molecule has 5 aliphatic carbocycles. The molecule has 6 atom stereocenters. The molecule has 6 aliphatic rings. The van der Waals surface area contributed by atoms with E-state index in [-0.39, 0.29) is 35.0 Å². The minimum Gasteiger partial charge on any atom is -0.478 e. The number of aliphatic hydroxyl groups is 2. The second-order valence-electron chi connectivity index (χ2n) is 16.6. The minimum atomic E-state index is -2.44. The smallest absolute Gasteiger partial charge is 0.353 e. The fraction of sp³-hybridized carbons (Fsp3) is 0.659. The molecule has 0 radical (unpaired) electrons. The van der Waals surface area contributed by atoms with Gasteiger partial charge in [0.2, 0.25) is 23.8 Å². The van der Waals surface area contributed by atoms with Crippen molar-refractivity contribution in [2.75, 3.05) is 33.1 Å². The van der Waals surface area contributed by atoms with Crippen LogP contribution in [-0.2, 0) is 35.1 Å². The van der Waals surface area contributed by atoms with Gasteiger partial charge in [0.25, 0.3) is 0 Å². The van der Waals surface area contributed by atoms with Gasteiger partial charge in [-0.1, -0.05) is 31.3 Å². The van der Waals surface area contributed by atoms with Gasteiger partial charge in [-0.3, -0.25) is 24.7 Å². The Morgan fingerprint density at radius 3 is 2.38 bits per heavy atom. The van der Waals surface area contributed by atoms with Crippen LogP contribution >= 0.6 is 11.8 Å². The first kappa shape index (κ1) is 43.7. The number of carbonyl (C=O) groups is 5. The quantitative estimate of drug-likeness (QED) is 0.0582. The Balaban J connectivity index is 1.37. The average molecular weight is 827 g/mol. The van der Waals surface area contributed by atoms with Crippen LogP contribution in [0.15, 0.2) is 47.0 Å². The van der Waals surface area contributed by atoms with Crippen LogP contribution in [0.3, 0.4) is 0 Å². The molecule has 1 aliphatic heterocycles. The fourth-order valence-electron chi connectivity index (χ4n) is 10.3. The van der Waals surface area contributed by atoms with Crippen molar-refractivity contribution in [2.45, 2.75) is 107 Å². The number of carboxylic acids is 2. The van der Waals surface area contributed by atoms with Crippen molar-refractivity contribution >= 4 is 41.5 Å². The molecule has 9 N–H and O–H groups in total. The number of thioether (sulfide) groups is 1. The van der Waals surface area contributed by atoms with E-state index in [2.05, 4.69) is 31.6 Å². The van der Waals surface area contributed by atoms with E-state index in [1.165, 1.54) is 17.3 Å². The van der Waals surface area contributed by atoms with E-state index >= 15 is 0 Å². The van der Waals surface area contributed by atoms with Crippen molar-refractivity contribution < 1.29 is 49.1 Å². The van der Waals surface area contributed by atoms with Gasteiger partial charge in [-0.05, 0) is 111 Å². The topological polar surface area (TPSA) is 249 Å². The lowest BCUT2D eigenvalue weighted by molar-refractivity contribution is -0.164. The van der Waals surface area contributed by atoms with E-state index < -0.39 is 60.5 Å².